The molecule has 1 fully saturated rings. The summed E-state index contributed by atoms with van der Waals surface area (Å²) < 4.78 is 11.7. The highest BCUT2D eigenvalue weighted by Crippen LogP contribution is 2.33. The van der Waals surface area contributed by atoms with E-state index in [2.05, 4.69) is 23.5 Å². The van der Waals surface area contributed by atoms with Gasteiger partial charge in [-0.05, 0) is 18.1 Å². The van der Waals surface area contributed by atoms with E-state index in [0.717, 1.165) is 36.4 Å². The number of carbonyl (C=O) groups is 1. The van der Waals surface area contributed by atoms with E-state index in [1.165, 1.54) is 5.56 Å². The first-order valence-corrected chi connectivity index (χ1v) is 9.75. The van der Waals surface area contributed by atoms with E-state index >= 15 is 0 Å². The average Bonchev–Trinajstić information content (AvgIpc) is 2.95. The van der Waals surface area contributed by atoms with Crippen molar-refractivity contribution in [1.82, 2.24) is 10.2 Å². The average molecular weight is 366 g/mol. The quantitative estimate of drug-likeness (QED) is 0.852. The molecule has 142 valence electrons. The second-order valence-corrected chi connectivity index (χ2v) is 7.08. The summed E-state index contributed by atoms with van der Waals surface area (Å²) in [4.78, 5) is 14.1. The van der Waals surface area contributed by atoms with Crippen LogP contribution in [0.1, 0.15) is 36.4 Å². The van der Waals surface area contributed by atoms with Crippen LogP contribution in [0.25, 0.3) is 0 Å². The lowest BCUT2D eigenvalue weighted by atomic mass is 10.1. The fraction of sp³-hybridized carbons (Fsp3) is 0.409. The van der Waals surface area contributed by atoms with E-state index in [4.69, 9.17) is 9.47 Å². The molecule has 0 saturated carbocycles. The summed E-state index contributed by atoms with van der Waals surface area (Å²) >= 11 is 0. The smallest absolute Gasteiger partial charge is 0.222 e. The number of para-hydroxylation sites is 1. The van der Waals surface area contributed by atoms with E-state index in [0.29, 0.717) is 32.7 Å². The van der Waals surface area contributed by atoms with Gasteiger partial charge in [-0.1, -0.05) is 42.5 Å². The van der Waals surface area contributed by atoms with Crippen molar-refractivity contribution in [1.29, 1.82) is 0 Å². The van der Waals surface area contributed by atoms with Crippen molar-refractivity contribution in [2.45, 2.75) is 31.8 Å². The molecule has 5 nitrogen and oxygen atoms in total. The maximum Gasteiger partial charge on any atom is 0.222 e. The van der Waals surface area contributed by atoms with Gasteiger partial charge in [0.2, 0.25) is 5.91 Å². The Bertz CT molecular complexity index is 778. The third-order valence-corrected chi connectivity index (χ3v) is 5.17. The van der Waals surface area contributed by atoms with Crippen LogP contribution in [0.15, 0.2) is 48.5 Å². The zero-order valence-electron chi connectivity index (χ0n) is 15.5. The molecule has 2 aliphatic rings. The number of nitrogens with one attached hydrogen (secondary N) is 1. The van der Waals surface area contributed by atoms with Crippen LogP contribution in [-0.4, -0.2) is 37.1 Å². The fourth-order valence-corrected chi connectivity index (χ4v) is 3.72. The molecule has 1 N–H and O–H groups in total. The molecule has 0 spiro atoms. The zero-order chi connectivity index (χ0) is 18.5. The van der Waals surface area contributed by atoms with Gasteiger partial charge in [-0.2, -0.15) is 0 Å². The number of fused-ring (bicyclic) bond motifs is 1. The summed E-state index contributed by atoms with van der Waals surface area (Å²) in [7, 11) is 0. The molecule has 2 aromatic carbocycles. The van der Waals surface area contributed by atoms with Crippen LogP contribution >= 0.6 is 0 Å². The Labute approximate surface area is 160 Å². The van der Waals surface area contributed by atoms with Crippen molar-refractivity contribution < 1.29 is 14.3 Å². The number of nitrogens with zero attached hydrogens (tertiary/aromatic N) is 1. The Balaban J connectivity index is 1.51. The summed E-state index contributed by atoms with van der Waals surface area (Å²) in [6, 6.07) is 16.5. The second kappa shape index (κ2) is 8.44. The first-order valence-electron chi connectivity index (χ1n) is 9.75. The largest absolute Gasteiger partial charge is 0.490 e. The highest BCUT2D eigenvalue weighted by atomic mass is 16.5. The van der Waals surface area contributed by atoms with Crippen LogP contribution in [0.2, 0.25) is 0 Å². The van der Waals surface area contributed by atoms with Gasteiger partial charge in [-0.15, -0.1) is 0 Å². The Morgan fingerprint density at radius 1 is 1.00 bits per heavy atom. The monoisotopic (exact) mass is 366 g/mol. The minimum Gasteiger partial charge on any atom is -0.490 e. The number of rotatable bonds is 6. The molecule has 0 bridgehead atoms. The number of likely N-dealkylation sites (tertiary alicyclic amines) is 1. The maximum absolute atomic E-state index is 12.1. The van der Waals surface area contributed by atoms with E-state index in [1.54, 1.807) is 0 Å². The molecule has 2 aromatic rings. The number of amides is 1. The second-order valence-electron chi connectivity index (χ2n) is 7.08. The van der Waals surface area contributed by atoms with E-state index in [9.17, 15) is 4.79 Å². The van der Waals surface area contributed by atoms with Crippen molar-refractivity contribution in [3.63, 3.8) is 0 Å². The number of hydrogen-bond donors (Lipinski definition) is 1. The number of hydrogen-bond acceptors (Lipinski definition) is 4. The molecule has 27 heavy (non-hydrogen) atoms. The third kappa shape index (κ3) is 4.25. The molecule has 2 aliphatic heterocycles. The minimum atomic E-state index is 0.0794. The van der Waals surface area contributed by atoms with Gasteiger partial charge >= 0.3 is 0 Å². The molecule has 1 amide bonds. The van der Waals surface area contributed by atoms with Crippen LogP contribution in [0, 0.1) is 0 Å². The molecule has 5 heteroatoms. The lowest BCUT2D eigenvalue weighted by molar-refractivity contribution is -0.128. The summed E-state index contributed by atoms with van der Waals surface area (Å²) in [6.45, 7) is 3.56. The lowest BCUT2D eigenvalue weighted by Crippen LogP contribution is -2.35. The van der Waals surface area contributed by atoms with Gasteiger partial charge in [0.05, 0.1) is 19.3 Å². The van der Waals surface area contributed by atoms with E-state index < -0.39 is 0 Å². The first-order chi connectivity index (χ1) is 13.3. The van der Waals surface area contributed by atoms with Crippen LogP contribution in [-0.2, 0) is 11.3 Å². The maximum atomic E-state index is 12.1. The Morgan fingerprint density at radius 2 is 1.85 bits per heavy atom. The third-order valence-electron chi connectivity index (χ3n) is 5.17. The van der Waals surface area contributed by atoms with Gasteiger partial charge < -0.3 is 19.7 Å². The van der Waals surface area contributed by atoms with Gasteiger partial charge in [0, 0.05) is 38.0 Å². The van der Waals surface area contributed by atoms with Gasteiger partial charge in [0.25, 0.3) is 0 Å². The van der Waals surface area contributed by atoms with E-state index in [-0.39, 0.29) is 11.9 Å². The summed E-state index contributed by atoms with van der Waals surface area (Å²) in [5.41, 5.74) is 2.28. The lowest BCUT2D eigenvalue weighted by Gasteiger charge is -2.26. The predicted molar refractivity (Wildman–Crippen MR) is 104 cm³/mol. The fourth-order valence-electron chi connectivity index (χ4n) is 3.72. The molecule has 1 atom stereocenters. The molecule has 0 radical (unpaired) electrons. The van der Waals surface area contributed by atoms with Gasteiger partial charge in [0.1, 0.15) is 0 Å². The highest BCUT2D eigenvalue weighted by molar-refractivity contribution is 5.78. The van der Waals surface area contributed by atoms with Crippen molar-refractivity contribution in [2.24, 2.45) is 0 Å². The van der Waals surface area contributed by atoms with Crippen LogP contribution in [0.3, 0.4) is 0 Å². The minimum absolute atomic E-state index is 0.0794. The summed E-state index contributed by atoms with van der Waals surface area (Å²) in [5.74, 6) is 1.91. The Morgan fingerprint density at radius 3 is 2.67 bits per heavy atom. The molecular weight excluding hydrogens is 340 g/mol. The topological polar surface area (TPSA) is 50.8 Å². The normalized spacial score (nSPS) is 17.6. The molecular formula is C22H26N2O3. The van der Waals surface area contributed by atoms with Crippen molar-refractivity contribution >= 4 is 5.91 Å². The van der Waals surface area contributed by atoms with Crippen molar-refractivity contribution in [3.05, 3.63) is 59.7 Å². The van der Waals surface area contributed by atoms with Gasteiger partial charge in [0.15, 0.2) is 11.5 Å². The predicted octanol–water partition coefficient (Wildman–Crippen LogP) is 3.30. The highest BCUT2D eigenvalue weighted by Gasteiger charge is 2.24. The Kier molecular flexibility index (Phi) is 5.58. The van der Waals surface area contributed by atoms with Gasteiger partial charge in [-0.25, -0.2) is 0 Å². The Hall–Kier alpha value is -2.53. The molecule has 0 unspecified atom stereocenters. The zero-order valence-corrected chi connectivity index (χ0v) is 15.5. The molecule has 1 saturated heterocycles. The summed E-state index contributed by atoms with van der Waals surface area (Å²) in [6.07, 6.45) is 2.52. The summed E-state index contributed by atoms with van der Waals surface area (Å²) in [5, 5.41) is 3.64. The molecule has 0 aromatic heterocycles. The van der Waals surface area contributed by atoms with Crippen LogP contribution in [0.4, 0.5) is 0 Å². The van der Waals surface area contributed by atoms with Crippen LogP contribution in [0.5, 0.6) is 11.5 Å². The molecule has 0 aliphatic carbocycles. The molecule has 2 heterocycles. The number of ether oxygens (including phenoxy) is 2. The van der Waals surface area contributed by atoms with Crippen molar-refractivity contribution in [2.75, 3.05) is 26.3 Å². The SMILES string of the molecule is O=C1CCCN1C[C@@H](NCc1cccc2c1OCCCO2)c1ccccc1. The number of benzene rings is 2. The standard InChI is InChI=1S/C22H26N2O3/c25-21-11-5-12-24(21)16-19(17-7-2-1-3-8-17)23-15-18-9-4-10-20-22(18)27-14-6-13-26-20/h1-4,7-10,19,23H,5-6,11-16H2/t19-/m1/s1. The van der Waals surface area contributed by atoms with Gasteiger partial charge in [-0.3, -0.25) is 4.79 Å². The first kappa shape index (κ1) is 17.9. The number of carbonyl (C=O) groups excluding carboxylic acids is 1. The van der Waals surface area contributed by atoms with Crippen molar-refractivity contribution in [3.8, 4) is 11.5 Å². The molecule has 4 rings (SSSR count). The van der Waals surface area contributed by atoms with Crippen LogP contribution < -0.4 is 14.8 Å². The van der Waals surface area contributed by atoms with E-state index in [1.807, 2.05) is 35.2 Å².